The third-order valence-electron chi connectivity index (χ3n) is 6.95. The molecule has 0 radical (unpaired) electrons. The maximum Gasteiger partial charge on any atom is 0.264 e. The number of anilines is 3. The molecule has 1 unspecified atom stereocenters. The van der Waals surface area contributed by atoms with Crippen molar-refractivity contribution in [1.82, 2.24) is 10.6 Å². The van der Waals surface area contributed by atoms with Gasteiger partial charge in [-0.25, -0.2) is 0 Å². The summed E-state index contributed by atoms with van der Waals surface area (Å²) in [7, 11) is 0.443. The quantitative estimate of drug-likeness (QED) is 0.163. The highest BCUT2D eigenvalue weighted by atomic mass is 28.3. The lowest BCUT2D eigenvalue weighted by atomic mass is 10.1. The van der Waals surface area contributed by atoms with Gasteiger partial charge in [-0.3, -0.25) is 19.3 Å². The first-order valence-electron chi connectivity index (χ1n) is 13.9. The predicted molar refractivity (Wildman–Crippen MR) is 162 cm³/mol. The lowest BCUT2D eigenvalue weighted by Gasteiger charge is -2.27. The number of ether oxygens (including phenoxy) is 2. The molecule has 1 aliphatic heterocycles. The van der Waals surface area contributed by atoms with Gasteiger partial charge < -0.3 is 25.0 Å². The van der Waals surface area contributed by atoms with Crippen molar-refractivity contribution in [2.45, 2.75) is 64.6 Å². The van der Waals surface area contributed by atoms with E-state index in [9.17, 15) is 14.4 Å². The highest BCUT2D eigenvalue weighted by Crippen LogP contribution is 2.37. The summed E-state index contributed by atoms with van der Waals surface area (Å²) in [5, 5.41) is 5.90. The van der Waals surface area contributed by atoms with Gasteiger partial charge in [-0.2, -0.15) is 0 Å². The first-order valence-corrected chi connectivity index (χ1v) is 17.6. The van der Waals surface area contributed by atoms with Crippen LogP contribution in [0.25, 0.3) is 0 Å². The molecule has 0 fully saturated rings. The van der Waals surface area contributed by atoms with E-state index >= 15 is 0 Å². The maximum atomic E-state index is 13.8. The Kier molecular flexibility index (Phi) is 11.0. The third kappa shape index (κ3) is 8.23. The van der Waals surface area contributed by atoms with E-state index in [1.54, 1.807) is 38.2 Å². The molecular formula is C30H44N4O5Si. The number of carbonyl (C=O) groups is 3. The third-order valence-corrected chi connectivity index (χ3v) is 8.66. The molecule has 218 valence electrons. The van der Waals surface area contributed by atoms with E-state index in [1.165, 1.54) is 9.80 Å². The Morgan fingerprint density at radius 3 is 2.20 bits per heavy atom. The molecule has 3 atom stereocenters. The number of nitrogens with zero attached hydrogens (tertiary/aromatic N) is 2. The average molecular weight is 569 g/mol. The summed E-state index contributed by atoms with van der Waals surface area (Å²) < 4.78 is 11.6. The highest BCUT2D eigenvalue weighted by Gasteiger charge is 2.41. The molecule has 2 N–H and O–H groups in total. The van der Waals surface area contributed by atoms with Gasteiger partial charge in [-0.05, 0) is 43.2 Å². The summed E-state index contributed by atoms with van der Waals surface area (Å²) >= 11 is 0. The first kappa shape index (κ1) is 31.5. The minimum atomic E-state index is -1.38. The molecule has 40 heavy (non-hydrogen) atoms. The van der Waals surface area contributed by atoms with Crippen LogP contribution in [0.4, 0.5) is 17.1 Å². The molecule has 0 saturated carbocycles. The van der Waals surface area contributed by atoms with E-state index in [-0.39, 0.29) is 18.8 Å². The van der Waals surface area contributed by atoms with Gasteiger partial charge in [0.25, 0.3) is 11.8 Å². The van der Waals surface area contributed by atoms with Crippen LogP contribution in [0.5, 0.6) is 0 Å². The summed E-state index contributed by atoms with van der Waals surface area (Å²) in [6, 6.07) is 15.3. The van der Waals surface area contributed by atoms with E-state index in [1.807, 2.05) is 44.2 Å². The van der Waals surface area contributed by atoms with E-state index in [4.69, 9.17) is 9.47 Å². The van der Waals surface area contributed by atoms with Crippen molar-refractivity contribution in [2.75, 3.05) is 36.8 Å². The average Bonchev–Trinajstić information content (AvgIpc) is 2.98. The van der Waals surface area contributed by atoms with Crippen molar-refractivity contribution >= 4 is 42.9 Å². The number of para-hydroxylation sites is 3. The topological polar surface area (TPSA) is 100 Å². The zero-order chi connectivity index (χ0) is 29.4. The van der Waals surface area contributed by atoms with Crippen LogP contribution in [0.1, 0.15) is 20.8 Å². The van der Waals surface area contributed by atoms with Crippen molar-refractivity contribution in [3.63, 3.8) is 0 Å². The van der Waals surface area contributed by atoms with E-state index < -0.39 is 37.9 Å². The Hall–Kier alpha value is -3.05. The molecule has 2 aromatic carbocycles. The standard InChI is InChI=1S/C30H44N4O5Si/c1-21(2)26(39-20-38-17-18-40(5,6)7)19-31-22(3)28(35)32-27-29(36)33(4)24-15-11-12-16-25(24)34(30(27)37)23-13-9-8-10-14-23/h8-16,21-22,26-27,31H,17-20H2,1-7H3,(H,32,35)/t22-,26+,27?/m0/s1. The molecule has 0 aromatic heterocycles. The van der Waals surface area contributed by atoms with Crippen LogP contribution in [0.3, 0.4) is 0 Å². The molecule has 0 bridgehead atoms. The highest BCUT2D eigenvalue weighted by molar-refractivity contribution is 6.76. The summed E-state index contributed by atoms with van der Waals surface area (Å²) in [5.74, 6) is -1.28. The van der Waals surface area contributed by atoms with Crippen molar-refractivity contribution in [1.29, 1.82) is 0 Å². The number of rotatable bonds is 13. The number of carbonyl (C=O) groups excluding carboxylic acids is 3. The van der Waals surface area contributed by atoms with Crippen LogP contribution in [0.15, 0.2) is 54.6 Å². The van der Waals surface area contributed by atoms with Crippen molar-refractivity contribution in [3.8, 4) is 0 Å². The van der Waals surface area contributed by atoms with Gasteiger partial charge in [-0.1, -0.05) is 63.8 Å². The molecule has 1 aliphatic rings. The maximum absolute atomic E-state index is 13.8. The van der Waals surface area contributed by atoms with E-state index in [0.29, 0.717) is 30.2 Å². The largest absolute Gasteiger partial charge is 0.356 e. The normalized spacial score (nSPS) is 17.4. The van der Waals surface area contributed by atoms with Gasteiger partial charge in [0.2, 0.25) is 5.91 Å². The summed E-state index contributed by atoms with van der Waals surface area (Å²) in [6.07, 6.45) is -0.169. The minimum absolute atomic E-state index is 0.169. The Morgan fingerprint density at radius 1 is 0.950 bits per heavy atom. The zero-order valence-electron chi connectivity index (χ0n) is 24.8. The second-order valence-corrected chi connectivity index (χ2v) is 17.4. The van der Waals surface area contributed by atoms with Crippen molar-refractivity contribution < 1.29 is 23.9 Å². The molecule has 3 rings (SSSR count). The smallest absolute Gasteiger partial charge is 0.264 e. The molecule has 0 spiro atoms. The number of hydrogen-bond acceptors (Lipinski definition) is 6. The van der Waals surface area contributed by atoms with Crippen LogP contribution >= 0.6 is 0 Å². The van der Waals surface area contributed by atoms with E-state index in [0.717, 1.165) is 6.04 Å². The SMILES string of the molecule is CC(C)[C@@H](CN[C@@H](C)C(=O)NC1C(=O)N(C)c2ccccc2N(c2ccccc2)C1=O)OCOCC[Si](C)(C)C. The minimum Gasteiger partial charge on any atom is -0.356 e. The summed E-state index contributed by atoms with van der Waals surface area (Å²) in [4.78, 5) is 43.4. The number of hydrogen-bond donors (Lipinski definition) is 2. The number of likely N-dealkylation sites (N-methyl/N-ethyl adjacent to an activating group) is 1. The summed E-state index contributed by atoms with van der Waals surface area (Å²) in [6.45, 7) is 14.0. The van der Waals surface area contributed by atoms with Gasteiger partial charge in [0, 0.05) is 34.0 Å². The molecule has 3 amide bonds. The number of benzene rings is 2. The fourth-order valence-electron chi connectivity index (χ4n) is 4.28. The second-order valence-electron chi connectivity index (χ2n) is 11.8. The van der Waals surface area contributed by atoms with Crippen molar-refractivity contribution in [2.24, 2.45) is 5.92 Å². The lowest BCUT2D eigenvalue weighted by Crippen LogP contribution is -2.57. The van der Waals surface area contributed by atoms with Crippen molar-refractivity contribution in [3.05, 3.63) is 54.6 Å². The molecular weight excluding hydrogens is 524 g/mol. The Labute approximate surface area is 239 Å². The number of nitrogens with one attached hydrogen (secondary N) is 2. The molecule has 0 saturated heterocycles. The molecule has 9 nitrogen and oxygen atoms in total. The molecule has 1 heterocycles. The Bertz CT molecular complexity index is 1150. The van der Waals surface area contributed by atoms with Crippen LogP contribution < -0.4 is 20.4 Å². The van der Waals surface area contributed by atoms with Gasteiger partial charge in [-0.15, -0.1) is 0 Å². The Balaban J connectivity index is 1.67. The first-order chi connectivity index (χ1) is 18.9. The predicted octanol–water partition coefficient (Wildman–Crippen LogP) is 4.14. The number of amides is 3. The fraction of sp³-hybridized carbons (Fsp3) is 0.500. The number of fused-ring (bicyclic) bond motifs is 1. The van der Waals surface area contributed by atoms with Crippen LogP contribution in [0, 0.1) is 5.92 Å². The zero-order valence-corrected chi connectivity index (χ0v) is 25.8. The van der Waals surface area contributed by atoms with Gasteiger partial charge in [0.1, 0.15) is 6.79 Å². The van der Waals surface area contributed by atoms with Crippen LogP contribution in [-0.4, -0.2) is 71.0 Å². The second kappa shape index (κ2) is 14.0. The van der Waals surface area contributed by atoms with Crippen LogP contribution in [-0.2, 0) is 23.9 Å². The molecule has 0 aliphatic carbocycles. The van der Waals surface area contributed by atoms with E-state index in [2.05, 4.69) is 30.3 Å². The van der Waals surface area contributed by atoms with Gasteiger partial charge >= 0.3 is 0 Å². The van der Waals surface area contributed by atoms with Gasteiger partial charge in [0.15, 0.2) is 6.04 Å². The van der Waals surface area contributed by atoms with Crippen LogP contribution in [0.2, 0.25) is 25.7 Å². The molecule has 2 aromatic rings. The van der Waals surface area contributed by atoms with Gasteiger partial charge in [0.05, 0.1) is 23.5 Å². The Morgan fingerprint density at radius 2 is 1.57 bits per heavy atom. The molecule has 10 heteroatoms. The summed E-state index contributed by atoms with van der Waals surface area (Å²) in [5.41, 5.74) is 1.76. The fourth-order valence-corrected chi connectivity index (χ4v) is 5.04. The lowest BCUT2D eigenvalue weighted by molar-refractivity contribution is -0.134. The monoisotopic (exact) mass is 568 g/mol.